The van der Waals surface area contributed by atoms with Crippen molar-refractivity contribution in [3.63, 3.8) is 0 Å². The van der Waals surface area contributed by atoms with E-state index in [2.05, 4.69) is 10.0 Å². The monoisotopic (exact) mass is 508 g/mol. The molecule has 2 heterocycles. The number of ether oxygens (including phenoxy) is 4. The molecule has 0 aliphatic carbocycles. The molecule has 4 N–H and O–H groups in total. The smallest absolute Gasteiger partial charge is 0.390 e. The van der Waals surface area contributed by atoms with Crippen LogP contribution in [0.15, 0.2) is 5.11 Å². The number of hydrogen-bond acceptors (Lipinski definition) is 9. The summed E-state index contributed by atoms with van der Waals surface area (Å²) >= 11 is 5.64. The third-order valence-electron chi connectivity index (χ3n) is 5.07. The second-order valence-electron chi connectivity index (χ2n) is 6.90. The number of aliphatic hydroxyl groups excluding tert-OH is 4. The summed E-state index contributed by atoms with van der Waals surface area (Å²) in [6.45, 7) is 3.62. The maximum atomic E-state index is 9.67. The van der Waals surface area contributed by atoms with Crippen LogP contribution in [0.3, 0.4) is 0 Å². The molecule has 2 fully saturated rings. The third-order valence-corrected chi connectivity index (χ3v) is 5.37. The first-order valence-corrected chi connectivity index (χ1v) is 9.82. The average Bonchev–Trinajstić information content (AvgIpc) is 2.77. The molecule has 0 spiro atoms. The van der Waals surface area contributed by atoms with Crippen molar-refractivity contribution in [2.45, 2.75) is 70.5 Å². The predicted octanol–water partition coefficient (Wildman–Crippen LogP) is -1.51. The molecule has 2 rings (SSSR count). The summed E-state index contributed by atoms with van der Waals surface area (Å²) in [4.78, 5) is 4.12. The van der Waals surface area contributed by atoms with E-state index in [-0.39, 0.29) is 67.3 Å². The van der Waals surface area contributed by atoms with Gasteiger partial charge in [0.15, 0.2) is 12.6 Å². The zero-order chi connectivity index (χ0) is 24.1. The molecule has 188 valence electrons. The van der Waals surface area contributed by atoms with Gasteiger partial charge in [0, 0.05) is 36.8 Å². The Morgan fingerprint density at radius 1 is 0.848 bits per heavy atom. The van der Waals surface area contributed by atoms with Crippen molar-refractivity contribution in [2.24, 2.45) is 17.0 Å². The standard InChI is InChI=1S/C8H15ClO4.C8H15N3O4.CH4.N3.Na/c1-4-5(3-9)13-8(12-2)7(11)6(4)10;1-4-5(3-10-11-9)15-8(14-2)7(13)6(4)12;;1-3-2;/h4-8,10-11H,3H2,1-2H3;4-8,12-13H,3H2,1-2H3;1H4;;/q;;;-1;+1. The Morgan fingerprint density at radius 2 is 1.21 bits per heavy atom. The van der Waals surface area contributed by atoms with Crippen molar-refractivity contribution in [3.05, 3.63) is 26.4 Å². The van der Waals surface area contributed by atoms with Crippen LogP contribution in [-0.4, -0.2) is 96.3 Å². The van der Waals surface area contributed by atoms with E-state index in [1.165, 1.54) is 19.1 Å². The minimum Gasteiger partial charge on any atom is -0.390 e. The van der Waals surface area contributed by atoms with Crippen LogP contribution in [0.1, 0.15) is 21.3 Å². The van der Waals surface area contributed by atoms with E-state index in [1.54, 1.807) is 13.8 Å². The summed E-state index contributed by atoms with van der Waals surface area (Å²) in [5.41, 5.74) is 21.7. The van der Waals surface area contributed by atoms with Gasteiger partial charge in [0.1, 0.15) is 12.2 Å². The number of methoxy groups -OCH3 is 2. The van der Waals surface area contributed by atoms with E-state index in [0.717, 1.165) is 0 Å². The summed E-state index contributed by atoms with van der Waals surface area (Å²) in [6.07, 6.45) is -6.24. The zero-order valence-electron chi connectivity index (χ0n) is 18.7. The molecule has 0 aromatic heterocycles. The first-order chi connectivity index (χ1) is 14.6. The van der Waals surface area contributed by atoms with Gasteiger partial charge in [-0.2, -0.15) is 0 Å². The molecule has 10 atom stereocenters. The van der Waals surface area contributed by atoms with Crippen molar-refractivity contribution >= 4 is 11.6 Å². The Balaban J connectivity index is -0.000000465. The van der Waals surface area contributed by atoms with Gasteiger partial charge in [0.2, 0.25) is 0 Å². The van der Waals surface area contributed by atoms with Gasteiger partial charge in [-0.05, 0) is 5.53 Å². The fraction of sp³-hybridized carbons (Fsp3) is 1.00. The number of nitrogens with zero attached hydrogens (tertiary/aromatic N) is 6. The Bertz CT molecular complexity index is 580. The molecule has 0 saturated carbocycles. The molecule has 10 unspecified atom stereocenters. The van der Waals surface area contributed by atoms with Crippen LogP contribution in [0, 0.1) is 11.8 Å². The van der Waals surface area contributed by atoms with Crippen molar-refractivity contribution < 1.29 is 68.9 Å². The molecule has 0 aromatic rings. The summed E-state index contributed by atoms with van der Waals surface area (Å²) in [5.74, 6) is -0.207. The largest absolute Gasteiger partial charge is 1.00 e. The fourth-order valence-corrected chi connectivity index (χ4v) is 3.38. The van der Waals surface area contributed by atoms with Gasteiger partial charge >= 0.3 is 29.6 Å². The van der Waals surface area contributed by atoms with Crippen molar-refractivity contribution in [2.75, 3.05) is 26.6 Å². The van der Waals surface area contributed by atoms with Crippen molar-refractivity contribution in [1.82, 2.24) is 0 Å². The predicted molar refractivity (Wildman–Crippen MR) is 115 cm³/mol. The quantitative estimate of drug-likeness (QED) is 0.112. The van der Waals surface area contributed by atoms with Crippen LogP contribution in [0.4, 0.5) is 0 Å². The zero-order valence-corrected chi connectivity index (χ0v) is 21.4. The normalized spacial score (nSPS) is 37.1. The minimum atomic E-state index is -1.08. The van der Waals surface area contributed by atoms with Gasteiger partial charge in [-0.1, -0.05) is 26.4 Å². The van der Waals surface area contributed by atoms with Crippen LogP contribution in [-0.2, 0) is 18.9 Å². The fourth-order valence-electron chi connectivity index (χ4n) is 3.03. The molecule has 2 aliphatic rings. The molecule has 2 saturated heterocycles. The van der Waals surface area contributed by atoms with E-state index in [4.69, 9.17) is 47.1 Å². The summed E-state index contributed by atoms with van der Waals surface area (Å²) in [7, 11) is 2.79. The minimum absolute atomic E-state index is 0. The van der Waals surface area contributed by atoms with Gasteiger partial charge in [-0.3, -0.25) is 4.91 Å². The molecule has 14 nitrogen and oxygen atoms in total. The Kier molecular flexibility index (Phi) is 22.3. The summed E-state index contributed by atoms with van der Waals surface area (Å²) < 4.78 is 20.4. The number of azide groups is 1. The van der Waals surface area contributed by atoms with E-state index in [1.807, 2.05) is 0 Å². The number of aliphatic hydroxyl groups is 4. The summed E-state index contributed by atoms with van der Waals surface area (Å²) in [5, 5.41) is 41.7. The molecule has 0 aromatic carbocycles. The number of hydrogen-bond donors (Lipinski definition) is 4. The second-order valence-corrected chi connectivity index (χ2v) is 7.20. The van der Waals surface area contributed by atoms with Gasteiger partial charge in [0.25, 0.3) is 0 Å². The van der Waals surface area contributed by atoms with E-state index in [9.17, 15) is 20.4 Å². The molecule has 0 radical (unpaired) electrons. The van der Waals surface area contributed by atoms with E-state index < -0.39 is 43.1 Å². The van der Waals surface area contributed by atoms with E-state index in [0.29, 0.717) is 0 Å². The Labute approximate surface area is 220 Å². The maximum Gasteiger partial charge on any atom is 1.00 e. The summed E-state index contributed by atoms with van der Waals surface area (Å²) in [6, 6.07) is 0. The molecule has 2 aliphatic heterocycles. The topological polar surface area (TPSA) is 225 Å². The Morgan fingerprint density at radius 3 is 1.55 bits per heavy atom. The van der Waals surface area contributed by atoms with Gasteiger partial charge < -0.3 is 50.4 Å². The van der Waals surface area contributed by atoms with Gasteiger partial charge in [-0.25, -0.2) is 0 Å². The molecular formula is C17H34ClN6NaO8. The second kappa shape index (κ2) is 19.8. The first-order valence-electron chi connectivity index (χ1n) is 9.28. The molecule has 0 bridgehead atoms. The molecule has 33 heavy (non-hydrogen) atoms. The van der Waals surface area contributed by atoms with Crippen LogP contribution in [0.5, 0.6) is 0 Å². The van der Waals surface area contributed by atoms with Crippen LogP contribution in [0.25, 0.3) is 26.4 Å². The number of rotatable bonds is 5. The van der Waals surface area contributed by atoms with Crippen LogP contribution in [0.2, 0.25) is 0 Å². The maximum absolute atomic E-state index is 9.67. The number of halogens is 1. The van der Waals surface area contributed by atoms with Crippen molar-refractivity contribution in [3.8, 4) is 0 Å². The van der Waals surface area contributed by atoms with Gasteiger partial charge in [0.05, 0.1) is 31.0 Å². The van der Waals surface area contributed by atoms with E-state index >= 15 is 0 Å². The molecule has 16 heteroatoms. The SMILES string of the molecule is C.COC1OC(CCl)C(C)C(O)C1O.COC1OC(CN=[N+]=[N-])C(C)C(O)C1O.[N-]=[N+]=[N-].[Na+]. The first kappa shape index (κ1) is 37.1. The molecular weight excluding hydrogens is 475 g/mol. The Hall–Kier alpha value is -0.410. The molecule has 0 amide bonds. The van der Waals surface area contributed by atoms with Crippen LogP contribution < -0.4 is 29.6 Å². The average molecular weight is 509 g/mol. The van der Waals surface area contributed by atoms with Crippen LogP contribution >= 0.6 is 11.6 Å². The third kappa shape index (κ3) is 11.2. The van der Waals surface area contributed by atoms with Gasteiger partial charge in [-0.15, -0.1) is 11.6 Å². The van der Waals surface area contributed by atoms with Crippen molar-refractivity contribution in [1.29, 1.82) is 0 Å². The number of alkyl halides is 1.